The molecule has 0 aliphatic carbocycles. The van der Waals surface area contributed by atoms with Gasteiger partial charge in [-0.3, -0.25) is 10.00 Å². The minimum Gasteiger partial charge on any atom is -0.464 e. The molecule has 0 spiro atoms. The summed E-state index contributed by atoms with van der Waals surface area (Å²) in [6, 6.07) is 7.05. The Morgan fingerprint density at radius 2 is 1.83 bits per heavy atom. The monoisotopic (exact) mass is 421 g/mol. The molecule has 2 aromatic heterocycles. The van der Waals surface area contributed by atoms with Crippen LogP contribution in [0.25, 0.3) is 11.3 Å². The summed E-state index contributed by atoms with van der Waals surface area (Å²) in [6.45, 7) is 0. The van der Waals surface area contributed by atoms with Crippen molar-refractivity contribution in [3.8, 4) is 11.3 Å². The van der Waals surface area contributed by atoms with Crippen LogP contribution >= 0.6 is 0 Å². The van der Waals surface area contributed by atoms with Crippen molar-refractivity contribution >= 4 is 23.5 Å². The lowest BCUT2D eigenvalue weighted by Crippen LogP contribution is -2.20. The van der Waals surface area contributed by atoms with Crippen molar-refractivity contribution in [1.29, 1.82) is 0 Å². The number of amides is 2. The molecule has 0 fully saturated rings. The molecule has 8 nitrogen and oxygen atoms in total. The number of anilines is 2. The van der Waals surface area contributed by atoms with Crippen LogP contribution in [0.5, 0.6) is 0 Å². The third-order valence-corrected chi connectivity index (χ3v) is 4.26. The lowest BCUT2D eigenvalue weighted by molar-refractivity contribution is -0.137. The van der Waals surface area contributed by atoms with Gasteiger partial charge in [0.15, 0.2) is 0 Å². The molecular formula is C19H18F3N5O3. The van der Waals surface area contributed by atoms with Crippen LogP contribution < -0.4 is 10.6 Å². The Morgan fingerprint density at radius 3 is 2.50 bits per heavy atom. The molecule has 2 heterocycles. The summed E-state index contributed by atoms with van der Waals surface area (Å²) in [5.41, 5.74) is 0.352. The zero-order valence-electron chi connectivity index (χ0n) is 16.2. The number of ether oxygens (including phenoxy) is 1. The van der Waals surface area contributed by atoms with Gasteiger partial charge >= 0.3 is 18.2 Å². The molecule has 2 amide bonds. The first kappa shape index (κ1) is 21.0. The Hall–Kier alpha value is -3.76. The van der Waals surface area contributed by atoms with Crippen LogP contribution in [-0.4, -0.2) is 33.5 Å². The molecule has 3 aromatic rings. The largest absolute Gasteiger partial charge is 0.464 e. The summed E-state index contributed by atoms with van der Waals surface area (Å²) in [7, 11) is 4.42. The highest BCUT2D eigenvalue weighted by molar-refractivity contribution is 6.00. The van der Waals surface area contributed by atoms with Gasteiger partial charge in [0.05, 0.1) is 24.1 Å². The zero-order chi connectivity index (χ0) is 22.1. The predicted octanol–water partition coefficient (Wildman–Crippen LogP) is 3.88. The van der Waals surface area contributed by atoms with E-state index in [4.69, 9.17) is 0 Å². The van der Waals surface area contributed by atoms with Crippen LogP contribution in [0.2, 0.25) is 0 Å². The summed E-state index contributed by atoms with van der Waals surface area (Å²) in [4.78, 5) is 23.9. The van der Waals surface area contributed by atoms with E-state index in [1.165, 1.54) is 46.8 Å². The summed E-state index contributed by atoms with van der Waals surface area (Å²) in [6.07, 6.45) is -2.94. The number of halogens is 3. The smallest absolute Gasteiger partial charge is 0.416 e. The number of hydrogen-bond acceptors (Lipinski definition) is 4. The van der Waals surface area contributed by atoms with E-state index in [1.807, 2.05) is 0 Å². The first-order valence-corrected chi connectivity index (χ1v) is 8.63. The maximum Gasteiger partial charge on any atom is 0.416 e. The molecule has 0 aliphatic rings. The van der Waals surface area contributed by atoms with Crippen LogP contribution in [-0.2, 0) is 25.0 Å². The number of aryl methyl sites for hydroxylation is 2. The second-order valence-corrected chi connectivity index (χ2v) is 6.41. The first-order chi connectivity index (χ1) is 14.1. The first-order valence-electron chi connectivity index (χ1n) is 8.63. The third kappa shape index (κ3) is 4.45. The molecule has 2 N–H and O–H groups in total. The number of rotatable bonds is 4. The maximum absolute atomic E-state index is 12.9. The van der Waals surface area contributed by atoms with Gasteiger partial charge in [0.25, 0.3) is 0 Å². The number of esters is 1. The Kier molecular flexibility index (Phi) is 5.54. The van der Waals surface area contributed by atoms with Crippen molar-refractivity contribution in [3.05, 3.63) is 53.9 Å². The zero-order valence-corrected chi connectivity index (χ0v) is 16.2. The summed E-state index contributed by atoms with van der Waals surface area (Å²) < 4.78 is 46.3. The molecule has 30 heavy (non-hydrogen) atoms. The molecular weight excluding hydrogens is 403 g/mol. The maximum atomic E-state index is 12.9. The van der Waals surface area contributed by atoms with Crippen LogP contribution in [0.15, 0.2) is 42.6 Å². The van der Waals surface area contributed by atoms with Crippen molar-refractivity contribution in [3.63, 3.8) is 0 Å². The van der Waals surface area contributed by atoms with Gasteiger partial charge < -0.3 is 14.6 Å². The van der Waals surface area contributed by atoms with Gasteiger partial charge in [0.2, 0.25) is 0 Å². The lowest BCUT2D eigenvalue weighted by Gasteiger charge is -2.07. The van der Waals surface area contributed by atoms with Crippen molar-refractivity contribution in [2.24, 2.45) is 14.1 Å². The summed E-state index contributed by atoms with van der Waals surface area (Å²) in [5.74, 6) is -0.285. The fraction of sp³-hybridized carbons (Fsp3) is 0.211. The summed E-state index contributed by atoms with van der Waals surface area (Å²) >= 11 is 0. The topological polar surface area (TPSA) is 90.2 Å². The lowest BCUT2D eigenvalue weighted by atomic mass is 10.1. The molecule has 0 saturated heterocycles. The van der Waals surface area contributed by atoms with E-state index >= 15 is 0 Å². The molecule has 11 heteroatoms. The van der Waals surface area contributed by atoms with E-state index in [0.29, 0.717) is 5.69 Å². The van der Waals surface area contributed by atoms with Crippen LogP contribution in [0.4, 0.5) is 29.5 Å². The normalized spacial score (nSPS) is 11.3. The highest BCUT2D eigenvalue weighted by Gasteiger charge is 2.30. The minimum absolute atomic E-state index is 0.250. The van der Waals surface area contributed by atoms with Gasteiger partial charge in [-0.05, 0) is 18.2 Å². The van der Waals surface area contributed by atoms with Gasteiger partial charge in [-0.15, -0.1) is 0 Å². The number of nitrogens with one attached hydrogen (secondary N) is 2. The second-order valence-electron chi connectivity index (χ2n) is 6.41. The Morgan fingerprint density at radius 1 is 1.10 bits per heavy atom. The molecule has 1 aromatic carbocycles. The fourth-order valence-corrected chi connectivity index (χ4v) is 2.80. The van der Waals surface area contributed by atoms with Gasteiger partial charge in [0, 0.05) is 31.9 Å². The SMILES string of the molecule is COC(=O)c1cc(NC(=O)Nc2cc(-c3cccc(C(F)(F)F)c3)nn2C)cn1C. The Labute approximate surface area is 169 Å². The third-order valence-electron chi connectivity index (χ3n) is 4.26. The van der Waals surface area contributed by atoms with Gasteiger partial charge in [-0.2, -0.15) is 18.3 Å². The number of hydrogen-bond donors (Lipinski definition) is 2. The number of urea groups is 1. The number of carbonyl (C=O) groups excluding carboxylic acids is 2. The van der Waals surface area contributed by atoms with Crippen LogP contribution in [0.1, 0.15) is 16.1 Å². The van der Waals surface area contributed by atoms with E-state index in [9.17, 15) is 22.8 Å². The molecule has 158 valence electrons. The number of aromatic nitrogens is 3. The average Bonchev–Trinajstić information content (AvgIpc) is 3.23. The van der Waals surface area contributed by atoms with E-state index in [-0.39, 0.29) is 22.8 Å². The highest BCUT2D eigenvalue weighted by atomic mass is 19.4. The molecule has 0 radical (unpaired) electrons. The average molecular weight is 421 g/mol. The minimum atomic E-state index is -4.47. The number of methoxy groups -OCH3 is 1. The van der Waals surface area contributed by atoms with E-state index < -0.39 is 23.7 Å². The van der Waals surface area contributed by atoms with E-state index in [0.717, 1.165) is 12.1 Å². The second kappa shape index (κ2) is 7.93. The van der Waals surface area contributed by atoms with Crippen LogP contribution in [0.3, 0.4) is 0 Å². The number of nitrogens with zero attached hydrogens (tertiary/aromatic N) is 3. The molecule has 3 rings (SSSR count). The molecule has 0 atom stereocenters. The van der Waals surface area contributed by atoms with E-state index in [1.54, 1.807) is 14.1 Å². The number of carbonyl (C=O) groups is 2. The molecule has 0 aliphatic heterocycles. The highest BCUT2D eigenvalue weighted by Crippen LogP contribution is 2.32. The van der Waals surface area contributed by atoms with Gasteiger partial charge in [-0.1, -0.05) is 12.1 Å². The van der Waals surface area contributed by atoms with Crippen molar-refractivity contribution < 1.29 is 27.5 Å². The fourth-order valence-electron chi connectivity index (χ4n) is 2.80. The number of benzene rings is 1. The Balaban J connectivity index is 1.75. The quantitative estimate of drug-likeness (QED) is 0.626. The summed E-state index contributed by atoms with van der Waals surface area (Å²) in [5, 5.41) is 9.29. The predicted molar refractivity (Wildman–Crippen MR) is 103 cm³/mol. The molecule has 0 unspecified atom stereocenters. The Bertz CT molecular complexity index is 1100. The number of alkyl halides is 3. The van der Waals surface area contributed by atoms with Crippen molar-refractivity contribution in [2.45, 2.75) is 6.18 Å². The standard InChI is InChI=1S/C19H18F3N5O3/c1-26-10-13(8-15(26)17(28)30-3)23-18(29)24-16-9-14(25-27(16)2)11-5-4-6-12(7-11)19(20,21)22/h4-10H,1-3H3,(H2,23,24,29). The van der Waals surface area contributed by atoms with Crippen LogP contribution in [0, 0.1) is 0 Å². The van der Waals surface area contributed by atoms with Crippen molar-refractivity contribution in [1.82, 2.24) is 14.3 Å². The van der Waals surface area contributed by atoms with Gasteiger partial charge in [-0.25, -0.2) is 9.59 Å². The molecule has 0 bridgehead atoms. The van der Waals surface area contributed by atoms with Crippen molar-refractivity contribution in [2.75, 3.05) is 17.7 Å². The van der Waals surface area contributed by atoms with E-state index in [2.05, 4.69) is 20.5 Å². The molecule has 0 saturated carbocycles. The van der Waals surface area contributed by atoms with Gasteiger partial charge in [0.1, 0.15) is 11.5 Å².